The zero-order valence-corrected chi connectivity index (χ0v) is 16.6. The summed E-state index contributed by atoms with van der Waals surface area (Å²) in [6, 6.07) is 8.57. The van der Waals surface area contributed by atoms with Gasteiger partial charge in [0.25, 0.3) is 0 Å². The van der Waals surface area contributed by atoms with Gasteiger partial charge in [-0.2, -0.15) is 0 Å². The Balaban J connectivity index is 1.22. The van der Waals surface area contributed by atoms with Gasteiger partial charge in [0.1, 0.15) is 0 Å². The second kappa shape index (κ2) is 9.69. The molecule has 3 aromatic rings. The van der Waals surface area contributed by atoms with E-state index in [1.807, 2.05) is 6.20 Å². The maximum Gasteiger partial charge on any atom is 0.0921 e. The fourth-order valence-corrected chi connectivity index (χ4v) is 4.11. The van der Waals surface area contributed by atoms with Crippen LogP contribution in [0, 0.1) is 0 Å². The topological polar surface area (TPSA) is 65.6 Å². The Morgan fingerprint density at radius 1 is 0.964 bits per heavy atom. The summed E-state index contributed by atoms with van der Waals surface area (Å²) < 4.78 is 0. The minimum atomic E-state index is 1.01. The van der Waals surface area contributed by atoms with E-state index < -0.39 is 0 Å². The Morgan fingerprint density at radius 2 is 1.86 bits per heavy atom. The van der Waals surface area contributed by atoms with E-state index in [2.05, 4.69) is 44.9 Å². The number of benzene rings is 1. The lowest BCUT2D eigenvalue weighted by atomic mass is 9.92. The van der Waals surface area contributed by atoms with E-state index in [-0.39, 0.29) is 0 Å². The maximum absolute atomic E-state index is 4.93. The Morgan fingerprint density at radius 3 is 2.79 bits per heavy atom. The molecule has 0 bridgehead atoms. The highest BCUT2D eigenvalue weighted by Crippen LogP contribution is 2.33. The molecule has 0 aliphatic heterocycles. The molecule has 2 heterocycles. The van der Waals surface area contributed by atoms with Crippen LogP contribution in [-0.4, -0.2) is 34.6 Å². The number of fused-ring (bicyclic) bond motifs is 2. The minimum Gasteiger partial charge on any atom is -0.384 e. The number of aromatic nitrogens is 3. The van der Waals surface area contributed by atoms with E-state index in [1.165, 1.54) is 60.1 Å². The highest BCUT2D eigenvalue weighted by Gasteiger charge is 2.17. The zero-order chi connectivity index (χ0) is 19.0. The van der Waals surface area contributed by atoms with Gasteiger partial charge in [0.05, 0.1) is 11.8 Å². The summed E-state index contributed by atoms with van der Waals surface area (Å²) in [7, 11) is 0. The van der Waals surface area contributed by atoms with Gasteiger partial charge in [-0.1, -0.05) is 24.6 Å². The average Bonchev–Trinajstić information content (AvgIpc) is 3.25. The van der Waals surface area contributed by atoms with Crippen molar-refractivity contribution in [1.82, 2.24) is 20.3 Å². The van der Waals surface area contributed by atoms with E-state index in [1.54, 1.807) is 6.33 Å². The smallest absolute Gasteiger partial charge is 0.0921 e. The second-order valence-electron chi connectivity index (χ2n) is 7.70. The summed E-state index contributed by atoms with van der Waals surface area (Å²) in [5.74, 6) is 0. The average molecular weight is 378 g/mol. The molecule has 0 saturated heterocycles. The lowest BCUT2D eigenvalue weighted by Gasteiger charge is -2.21. The summed E-state index contributed by atoms with van der Waals surface area (Å²) in [4.78, 5) is 12.1. The van der Waals surface area contributed by atoms with Crippen LogP contribution in [0.5, 0.6) is 0 Å². The van der Waals surface area contributed by atoms with Crippen molar-refractivity contribution in [3.8, 4) is 0 Å². The van der Waals surface area contributed by atoms with Crippen LogP contribution < -0.4 is 10.6 Å². The van der Waals surface area contributed by atoms with Crippen molar-refractivity contribution >= 4 is 16.6 Å². The first-order valence-corrected chi connectivity index (χ1v) is 10.7. The molecule has 0 radical (unpaired) electrons. The highest BCUT2D eigenvalue weighted by molar-refractivity contribution is 5.93. The molecule has 0 fully saturated rings. The zero-order valence-electron chi connectivity index (χ0n) is 16.6. The van der Waals surface area contributed by atoms with E-state index >= 15 is 0 Å². The van der Waals surface area contributed by atoms with Crippen LogP contribution in [0.4, 0.5) is 5.69 Å². The van der Waals surface area contributed by atoms with Crippen molar-refractivity contribution in [3.63, 3.8) is 0 Å². The first kappa shape index (κ1) is 18.9. The number of imidazole rings is 1. The summed E-state index contributed by atoms with van der Waals surface area (Å²) in [6.07, 6.45) is 13.2. The number of nitrogens with one attached hydrogen (secondary N) is 3. The Kier molecular flexibility index (Phi) is 6.56. The molecular weight excluding hydrogens is 346 g/mol. The third-order valence-corrected chi connectivity index (χ3v) is 5.63. The van der Waals surface area contributed by atoms with Crippen molar-refractivity contribution in [1.29, 1.82) is 0 Å². The van der Waals surface area contributed by atoms with Crippen LogP contribution >= 0.6 is 0 Å². The molecular formula is C23H31N5. The Labute approximate surface area is 167 Å². The fourth-order valence-electron chi connectivity index (χ4n) is 4.11. The molecule has 1 aliphatic rings. The fraction of sp³-hybridized carbons (Fsp3) is 0.478. The number of nitrogens with zero attached hydrogens (tertiary/aromatic N) is 2. The molecule has 0 atom stereocenters. The number of aromatic amines is 1. The van der Waals surface area contributed by atoms with Crippen LogP contribution in [-0.2, 0) is 19.3 Å². The van der Waals surface area contributed by atoms with Crippen LogP contribution in [0.3, 0.4) is 0 Å². The number of aryl methyl sites for hydroxylation is 1. The lowest BCUT2D eigenvalue weighted by Crippen LogP contribution is -2.18. The monoisotopic (exact) mass is 377 g/mol. The molecule has 1 aliphatic carbocycles. The Hall–Kier alpha value is -2.40. The SMILES string of the molecule is c1ccc2c(NCCCCCNCCc3cnc[nH]3)c3c(nc2c1)CCCC3. The van der Waals surface area contributed by atoms with Gasteiger partial charge in [0.15, 0.2) is 0 Å². The van der Waals surface area contributed by atoms with Gasteiger partial charge < -0.3 is 15.6 Å². The van der Waals surface area contributed by atoms with Crippen molar-refractivity contribution in [2.45, 2.75) is 51.4 Å². The lowest BCUT2D eigenvalue weighted by molar-refractivity contribution is 0.608. The molecule has 3 N–H and O–H groups in total. The van der Waals surface area contributed by atoms with E-state index in [0.29, 0.717) is 0 Å². The Bertz CT molecular complexity index is 872. The minimum absolute atomic E-state index is 1.01. The van der Waals surface area contributed by atoms with Gasteiger partial charge in [0, 0.05) is 48.2 Å². The number of anilines is 1. The van der Waals surface area contributed by atoms with Crippen LogP contribution in [0.1, 0.15) is 49.1 Å². The molecule has 4 rings (SSSR count). The summed E-state index contributed by atoms with van der Waals surface area (Å²) in [5.41, 5.74) is 6.45. The standard InChI is InChI=1S/C23H31N5/c1(6-13-24-15-12-18-16-25-17-27-18)7-14-26-23-19-8-2-4-10-21(19)28-22-11-5-3-9-20(22)23/h2,4,8,10,16-17,24H,1,3,5-7,9,11-15H2,(H,25,27)(H,26,28). The number of unbranched alkanes of at least 4 members (excludes halogenated alkanes) is 2. The predicted octanol–water partition coefficient (Wildman–Crippen LogP) is 4.25. The third-order valence-electron chi connectivity index (χ3n) is 5.63. The van der Waals surface area contributed by atoms with Crippen molar-refractivity contribution in [2.75, 3.05) is 25.0 Å². The van der Waals surface area contributed by atoms with Gasteiger partial charge in [-0.05, 0) is 56.7 Å². The van der Waals surface area contributed by atoms with Gasteiger partial charge >= 0.3 is 0 Å². The molecule has 0 saturated carbocycles. The van der Waals surface area contributed by atoms with Crippen LogP contribution in [0.2, 0.25) is 0 Å². The largest absolute Gasteiger partial charge is 0.384 e. The highest BCUT2D eigenvalue weighted by atomic mass is 14.9. The van der Waals surface area contributed by atoms with Gasteiger partial charge in [0.2, 0.25) is 0 Å². The molecule has 2 aromatic heterocycles. The number of hydrogen-bond acceptors (Lipinski definition) is 4. The molecule has 0 spiro atoms. The van der Waals surface area contributed by atoms with Gasteiger partial charge in [-0.25, -0.2) is 4.98 Å². The first-order chi connectivity index (χ1) is 13.9. The molecule has 0 unspecified atom stereocenters. The summed E-state index contributed by atoms with van der Waals surface area (Å²) in [6.45, 7) is 3.13. The molecule has 0 amide bonds. The molecule has 5 heteroatoms. The first-order valence-electron chi connectivity index (χ1n) is 10.7. The van der Waals surface area contributed by atoms with Crippen LogP contribution in [0.25, 0.3) is 10.9 Å². The molecule has 5 nitrogen and oxygen atoms in total. The quantitative estimate of drug-likeness (QED) is 0.462. The second-order valence-corrected chi connectivity index (χ2v) is 7.70. The number of H-pyrrole nitrogens is 1. The van der Waals surface area contributed by atoms with Crippen molar-refractivity contribution in [2.24, 2.45) is 0 Å². The number of para-hydroxylation sites is 1. The van der Waals surface area contributed by atoms with Gasteiger partial charge in [-0.3, -0.25) is 4.98 Å². The van der Waals surface area contributed by atoms with Crippen LogP contribution in [0.15, 0.2) is 36.8 Å². The number of hydrogen-bond donors (Lipinski definition) is 3. The maximum atomic E-state index is 4.93. The molecule has 148 valence electrons. The third kappa shape index (κ3) is 4.71. The van der Waals surface area contributed by atoms with E-state index in [4.69, 9.17) is 4.98 Å². The summed E-state index contributed by atoms with van der Waals surface area (Å²) in [5, 5.41) is 8.57. The summed E-state index contributed by atoms with van der Waals surface area (Å²) >= 11 is 0. The normalized spacial score (nSPS) is 13.6. The van der Waals surface area contributed by atoms with Gasteiger partial charge in [-0.15, -0.1) is 0 Å². The molecule has 28 heavy (non-hydrogen) atoms. The number of rotatable bonds is 10. The van der Waals surface area contributed by atoms with E-state index in [0.717, 1.165) is 44.4 Å². The molecule has 1 aromatic carbocycles. The predicted molar refractivity (Wildman–Crippen MR) is 116 cm³/mol. The number of pyridine rings is 1. The van der Waals surface area contributed by atoms with Crippen molar-refractivity contribution in [3.05, 3.63) is 53.7 Å². The van der Waals surface area contributed by atoms with Crippen molar-refractivity contribution < 1.29 is 0 Å². The van der Waals surface area contributed by atoms with E-state index in [9.17, 15) is 0 Å².